The monoisotopic (exact) mass is 382 g/mol. The molecule has 0 radical (unpaired) electrons. The van der Waals surface area contributed by atoms with Crippen molar-refractivity contribution in [1.82, 2.24) is 14.6 Å². The van der Waals surface area contributed by atoms with Crippen molar-refractivity contribution >= 4 is 22.7 Å². The van der Waals surface area contributed by atoms with Gasteiger partial charge in [-0.1, -0.05) is 11.2 Å². The highest BCUT2D eigenvalue weighted by molar-refractivity contribution is 5.92. The molecule has 3 heterocycles. The molecule has 8 heteroatoms. The highest BCUT2D eigenvalue weighted by atomic mass is 16.5. The van der Waals surface area contributed by atoms with E-state index >= 15 is 0 Å². The van der Waals surface area contributed by atoms with Crippen LogP contribution in [0.4, 0.5) is 0 Å². The molecule has 8 nitrogen and oxygen atoms in total. The first-order valence-corrected chi connectivity index (χ1v) is 9.26. The summed E-state index contributed by atoms with van der Waals surface area (Å²) in [5.74, 6) is 0.902. The van der Waals surface area contributed by atoms with Gasteiger partial charge in [-0.3, -0.25) is 9.59 Å². The number of aromatic nitrogens is 2. The number of benzene rings is 1. The number of hydrogen-bond donors (Lipinski definition) is 1. The average molecular weight is 382 g/mol. The minimum Gasteiger partial charge on any atom is -0.490 e. The number of fused-ring (bicyclic) bond motifs is 1. The Morgan fingerprint density at radius 2 is 2.07 bits per heavy atom. The molecule has 1 aromatic carbocycles. The second-order valence-corrected chi connectivity index (χ2v) is 7.03. The lowest BCUT2D eigenvalue weighted by molar-refractivity contribution is -0.118. The topological polar surface area (TPSA) is 104 Å². The molecule has 1 fully saturated rings. The summed E-state index contributed by atoms with van der Waals surface area (Å²) < 4.78 is 13.0. The Bertz CT molecular complexity index is 1010. The molecular weight excluding hydrogens is 360 g/mol. The van der Waals surface area contributed by atoms with E-state index in [-0.39, 0.29) is 24.5 Å². The quantitative estimate of drug-likeness (QED) is 0.728. The van der Waals surface area contributed by atoms with E-state index in [9.17, 15) is 9.59 Å². The van der Waals surface area contributed by atoms with Crippen molar-refractivity contribution in [3.05, 3.63) is 48.0 Å². The van der Waals surface area contributed by atoms with Crippen LogP contribution in [0.2, 0.25) is 0 Å². The van der Waals surface area contributed by atoms with Gasteiger partial charge in [-0.15, -0.1) is 0 Å². The number of carbonyl (C=O) groups excluding carboxylic acids is 2. The van der Waals surface area contributed by atoms with Crippen LogP contribution < -0.4 is 10.5 Å². The van der Waals surface area contributed by atoms with Crippen LogP contribution in [0.15, 0.2) is 41.1 Å². The highest BCUT2D eigenvalue weighted by Crippen LogP contribution is 2.29. The summed E-state index contributed by atoms with van der Waals surface area (Å²) >= 11 is 0. The van der Waals surface area contributed by atoms with Gasteiger partial charge in [-0.2, -0.15) is 0 Å². The SMILES string of the molecule is Cc1cc(C(=O)N2CCC(Oc3cccc4c3ccn4CC(N)=O)CC2)no1. The summed E-state index contributed by atoms with van der Waals surface area (Å²) in [4.78, 5) is 25.5. The molecule has 0 bridgehead atoms. The van der Waals surface area contributed by atoms with E-state index in [2.05, 4.69) is 5.16 Å². The van der Waals surface area contributed by atoms with E-state index in [1.807, 2.05) is 35.0 Å². The molecule has 2 aromatic heterocycles. The number of nitrogens with two attached hydrogens (primary N) is 1. The number of nitrogens with zero attached hydrogens (tertiary/aromatic N) is 3. The zero-order valence-corrected chi connectivity index (χ0v) is 15.6. The summed E-state index contributed by atoms with van der Waals surface area (Å²) in [6.07, 6.45) is 3.33. The Morgan fingerprint density at radius 1 is 1.29 bits per heavy atom. The smallest absolute Gasteiger partial charge is 0.276 e. The van der Waals surface area contributed by atoms with Gasteiger partial charge < -0.3 is 24.5 Å². The summed E-state index contributed by atoms with van der Waals surface area (Å²) in [5, 5.41) is 4.75. The van der Waals surface area contributed by atoms with Gasteiger partial charge >= 0.3 is 0 Å². The number of aryl methyl sites for hydroxylation is 1. The van der Waals surface area contributed by atoms with Gasteiger partial charge in [-0.05, 0) is 25.1 Å². The number of amides is 2. The van der Waals surface area contributed by atoms with Gasteiger partial charge in [0.2, 0.25) is 5.91 Å². The van der Waals surface area contributed by atoms with Crippen molar-refractivity contribution in [2.75, 3.05) is 13.1 Å². The Hall–Kier alpha value is -3.29. The van der Waals surface area contributed by atoms with Crippen molar-refractivity contribution in [3.8, 4) is 5.75 Å². The van der Waals surface area contributed by atoms with E-state index in [0.29, 0.717) is 24.5 Å². The molecule has 1 aliphatic heterocycles. The maximum absolute atomic E-state index is 12.5. The van der Waals surface area contributed by atoms with Crippen LogP contribution >= 0.6 is 0 Å². The van der Waals surface area contributed by atoms with Crippen LogP contribution in [-0.4, -0.2) is 45.6 Å². The van der Waals surface area contributed by atoms with Gasteiger partial charge in [0, 0.05) is 43.6 Å². The van der Waals surface area contributed by atoms with E-state index in [4.69, 9.17) is 15.0 Å². The molecule has 0 spiro atoms. The normalized spacial score (nSPS) is 15.1. The minimum atomic E-state index is -0.386. The van der Waals surface area contributed by atoms with Crippen LogP contribution in [0.1, 0.15) is 29.1 Å². The molecule has 2 N–H and O–H groups in total. The first-order valence-electron chi connectivity index (χ1n) is 9.26. The number of primary amides is 1. The Kier molecular flexibility index (Phi) is 4.77. The summed E-state index contributed by atoms with van der Waals surface area (Å²) in [6, 6.07) is 9.35. The number of carbonyl (C=O) groups is 2. The van der Waals surface area contributed by atoms with E-state index < -0.39 is 0 Å². The number of ether oxygens (including phenoxy) is 1. The Balaban J connectivity index is 1.42. The van der Waals surface area contributed by atoms with Gasteiger partial charge in [-0.25, -0.2) is 0 Å². The summed E-state index contributed by atoms with van der Waals surface area (Å²) in [5.41, 5.74) is 6.56. The molecular formula is C20H22N4O4. The highest BCUT2D eigenvalue weighted by Gasteiger charge is 2.26. The lowest BCUT2D eigenvalue weighted by Gasteiger charge is -2.31. The predicted molar refractivity (Wildman–Crippen MR) is 102 cm³/mol. The molecule has 0 saturated carbocycles. The van der Waals surface area contributed by atoms with Crippen LogP contribution in [0, 0.1) is 6.92 Å². The fourth-order valence-corrected chi connectivity index (χ4v) is 3.59. The van der Waals surface area contributed by atoms with Crippen LogP contribution in [-0.2, 0) is 11.3 Å². The Labute approximate surface area is 161 Å². The lowest BCUT2D eigenvalue weighted by Crippen LogP contribution is -2.41. The minimum absolute atomic E-state index is 0.0215. The maximum Gasteiger partial charge on any atom is 0.276 e. The molecule has 2 amide bonds. The first kappa shape index (κ1) is 18.1. The van der Waals surface area contributed by atoms with Crippen molar-refractivity contribution in [2.24, 2.45) is 5.73 Å². The number of likely N-dealkylation sites (tertiary alicyclic amines) is 1. The third-order valence-electron chi connectivity index (χ3n) is 4.97. The second-order valence-electron chi connectivity index (χ2n) is 7.03. The third-order valence-corrected chi connectivity index (χ3v) is 4.97. The molecule has 146 valence electrons. The molecule has 0 unspecified atom stereocenters. The zero-order valence-electron chi connectivity index (χ0n) is 15.6. The van der Waals surface area contributed by atoms with Gasteiger partial charge in [0.25, 0.3) is 5.91 Å². The largest absolute Gasteiger partial charge is 0.490 e. The fourth-order valence-electron chi connectivity index (χ4n) is 3.59. The number of piperidine rings is 1. The van der Waals surface area contributed by atoms with E-state index in [1.54, 1.807) is 17.9 Å². The molecule has 0 atom stereocenters. The van der Waals surface area contributed by atoms with Crippen molar-refractivity contribution in [2.45, 2.75) is 32.4 Å². The predicted octanol–water partition coefficient (Wildman–Crippen LogP) is 2.11. The number of hydrogen-bond acceptors (Lipinski definition) is 5. The van der Waals surface area contributed by atoms with Crippen molar-refractivity contribution in [1.29, 1.82) is 0 Å². The van der Waals surface area contributed by atoms with Crippen molar-refractivity contribution in [3.63, 3.8) is 0 Å². The molecule has 3 aromatic rings. The van der Waals surface area contributed by atoms with E-state index in [0.717, 1.165) is 29.5 Å². The Morgan fingerprint density at radius 3 is 2.75 bits per heavy atom. The molecule has 0 aliphatic carbocycles. The average Bonchev–Trinajstić information content (AvgIpc) is 3.29. The zero-order chi connectivity index (χ0) is 19.7. The van der Waals surface area contributed by atoms with Crippen LogP contribution in [0.25, 0.3) is 10.9 Å². The standard InChI is InChI=1S/C20H22N4O4/c1-13-11-16(22-28-13)20(26)23-8-5-14(6-9-23)27-18-4-2-3-17-15(18)7-10-24(17)12-19(21)25/h2-4,7,10-11,14H,5-6,8-9,12H2,1H3,(H2,21,25). The number of rotatable bonds is 5. The first-order chi connectivity index (χ1) is 13.5. The summed E-state index contributed by atoms with van der Waals surface area (Å²) in [6.45, 7) is 3.11. The maximum atomic E-state index is 12.5. The van der Waals surface area contributed by atoms with Crippen LogP contribution in [0.5, 0.6) is 5.75 Å². The fraction of sp³-hybridized carbons (Fsp3) is 0.350. The van der Waals surface area contributed by atoms with Gasteiger partial charge in [0.05, 0.1) is 5.52 Å². The van der Waals surface area contributed by atoms with Gasteiger partial charge in [0.15, 0.2) is 5.69 Å². The lowest BCUT2D eigenvalue weighted by atomic mass is 10.1. The summed E-state index contributed by atoms with van der Waals surface area (Å²) in [7, 11) is 0. The molecule has 1 saturated heterocycles. The molecule has 1 aliphatic rings. The molecule has 4 rings (SSSR count). The van der Waals surface area contributed by atoms with Gasteiger partial charge in [0.1, 0.15) is 24.2 Å². The van der Waals surface area contributed by atoms with Crippen molar-refractivity contribution < 1.29 is 18.8 Å². The third kappa shape index (κ3) is 3.58. The second kappa shape index (κ2) is 7.38. The van der Waals surface area contributed by atoms with Crippen LogP contribution in [0.3, 0.4) is 0 Å². The molecule has 28 heavy (non-hydrogen) atoms. The van der Waals surface area contributed by atoms with E-state index in [1.165, 1.54) is 0 Å².